The predicted octanol–water partition coefficient (Wildman–Crippen LogP) is 6.65. The molecule has 3 aromatic rings. The topological polar surface area (TPSA) is 107 Å². The Bertz CT molecular complexity index is 1790. The molecule has 0 unspecified atom stereocenters. The van der Waals surface area contributed by atoms with E-state index >= 15 is 0 Å². The lowest BCUT2D eigenvalue weighted by atomic mass is 9.77. The molecule has 3 aromatic carbocycles. The number of sulfonamides is 1. The number of rotatable bonds is 8. The molecule has 2 heterocycles. The number of hydrogen-bond acceptors (Lipinski definition) is 6. The number of benzene rings is 3. The third-order valence-electron chi connectivity index (χ3n) is 9.77. The number of allylic oxidation sites excluding steroid dienone is 1. The first-order chi connectivity index (χ1) is 23.4. The Balaban J connectivity index is 1.52. The van der Waals surface area contributed by atoms with Crippen LogP contribution in [0.25, 0.3) is 0 Å². The zero-order chi connectivity index (χ0) is 35.1. The molecule has 2 atom stereocenters. The molecule has 49 heavy (non-hydrogen) atoms. The molecule has 2 bridgehead atoms. The van der Waals surface area contributed by atoms with Crippen LogP contribution in [0, 0.1) is 33.8 Å². The van der Waals surface area contributed by atoms with Gasteiger partial charge in [-0.05, 0) is 58.7 Å². The van der Waals surface area contributed by atoms with E-state index in [0.29, 0.717) is 45.1 Å². The highest BCUT2D eigenvalue weighted by molar-refractivity contribution is 7.89. The summed E-state index contributed by atoms with van der Waals surface area (Å²) in [5.41, 5.74) is 0.321. The molecular weight excluding hydrogens is 653 g/mol. The number of fused-ring (bicyclic) bond motifs is 11. The number of carbonyl (C=O) groups excluding carboxylic acids is 1. The molecule has 0 radical (unpaired) electrons. The number of nitro groups is 1. The smallest absolute Gasteiger partial charge is 0.289 e. The highest BCUT2D eigenvalue weighted by Crippen LogP contribution is 2.39. The van der Waals surface area contributed by atoms with Crippen molar-refractivity contribution in [2.45, 2.75) is 75.7 Å². The summed E-state index contributed by atoms with van der Waals surface area (Å²) in [4.78, 5) is 24.4. The van der Waals surface area contributed by atoms with E-state index < -0.39 is 29.0 Å². The molecule has 2 aliphatic heterocycles. The van der Waals surface area contributed by atoms with E-state index in [1.54, 1.807) is 0 Å². The van der Waals surface area contributed by atoms with Gasteiger partial charge in [0.15, 0.2) is 10.7 Å². The Morgan fingerprint density at radius 3 is 2.14 bits per heavy atom. The van der Waals surface area contributed by atoms with Crippen molar-refractivity contribution in [3.8, 4) is 11.8 Å². The van der Waals surface area contributed by atoms with Crippen molar-refractivity contribution in [2.75, 3.05) is 19.7 Å². The number of ketones is 1. The zero-order valence-electron chi connectivity index (χ0n) is 28.6. The van der Waals surface area contributed by atoms with Crippen molar-refractivity contribution in [1.29, 1.82) is 0 Å². The third-order valence-corrected chi connectivity index (χ3v) is 16.7. The highest BCUT2D eigenvalue weighted by atomic mass is 32.2. The average Bonchev–Trinajstić information content (AvgIpc) is 3.09. The van der Waals surface area contributed by atoms with Crippen molar-refractivity contribution in [2.24, 2.45) is 11.8 Å². The van der Waals surface area contributed by atoms with Gasteiger partial charge in [-0.3, -0.25) is 14.9 Å². The Labute approximate surface area is 291 Å². The normalized spacial score (nSPS) is 20.0. The summed E-state index contributed by atoms with van der Waals surface area (Å²) in [5, 5.41) is 13.9. The van der Waals surface area contributed by atoms with Crippen molar-refractivity contribution in [3.63, 3.8) is 0 Å². The molecule has 0 saturated heterocycles. The lowest BCUT2D eigenvalue weighted by Gasteiger charge is -2.44. The van der Waals surface area contributed by atoms with E-state index in [-0.39, 0.29) is 47.1 Å². The van der Waals surface area contributed by atoms with Crippen LogP contribution in [0.5, 0.6) is 0 Å². The van der Waals surface area contributed by atoms with Crippen LogP contribution in [0.15, 0.2) is 101 Å². The van der Waals surface area contributed by atoms with Gasteiger partial charge in [0.05, 0.1) is 4.92 Å². The van der Waals surface area contributed by atoms with E-state index in [0.717, 1.165) is 15.9 Å². The second kappa shape index (κ2) is 15.8. The van der Waals surface area contributed by atoms with Crippen LogP contribution in [0.4, 0.5) is 5.69 Å². The lowest BCUT2D eigenvalue weighted by Crippen LogP contribution is -2.67. The minimum Gasteiger partial charge on any atom is -0.407 e. The standard InChI is InChI=1S/C39H46N2O6SSi/c1-39(2,3)49(34-19-11-8-12-20-34,35-21-13-9-14-22-35)47-30-33-28-32-18-10-6-4-5-7-17-26-40(27-25-31(33)29-37(32)42)48(45,46)38-24-16-15-23-36(38)41(43)44/h8-9,11-16,19-24,28,31,33H,5,7,10,17-18,25-27,29-30H2,1-3H3/t31-,33-/m1/s1. The molecule has 8 nitrogen and oxygen atoms in total. The van der Waals surface area contributed by atoms with Crippen molar-refractivity contribution >= 4 is 40.2 Å². The van der Waals surface area contributed by atoms with Crippen molar-refractivity contribution in [3.05, 3.63) is 107 Å². The predicted molar refractivity (Wildman–Crippen MR) is 196 cm³/mol. The van der Waals surface area contributed by atoms with Gasteiger partial charge in [0.2, 0.25) is 10.0 Å². The molecule has 6 rings (SSSR count). The van der Waals surface area contributed by atoms with Crippen LogP contribution in [0.2, 0.25) is 5.04 Å². The Hall–Kier alpha value is -3.88. The third kappa shape index (κ3) is 8.13. The van der Waals surface area contributed by atoms with Crippen LogP contribution in [0.3, 0.4) is 0 Å². The van der Waals surface area contributed by atoms with Gasteiger partial charge in [-0.1, -0.05) is 99.6 Å². The first-order valence-electron chi connectivity index (χ1n) is 17.1. The van der Waals surface area contributed by atoms with E-state index in [4.69, 9.17) is 4.43 Å². The average molecular weight is 699 g/mol. The van der Waals surface area contributed by atoms with Crippen LogP contribution >= 0.6 is 0 Å². The molecule has 0 N–H and O–H groups in total. The fourth-order valence-electron chi connectivity index (χ4n) is 7.22. The van der Waals surface area contributed by atoms with Gasteiger partial charge in [0.25, 0.3) is 14.0 Å². The lowest BCUT2D eigenvalue weighted by molar-refractivity contribution is -0.387. The largest absolute Gasteiger partial charge is 0.407 e. The van der Waals surface area contributed by atoms with E-state index in [1.807, 2.05) is 12.1 Å². The molecule has 0 aromatic heterocycles. The summed E-state index contributed by atoms with van der Waals surface area (Å²) in [7, 11) is -7.08. The maximum Gasteiger partial charge on any atom is 0.289 e. The molecule has 10 heteroatoms. The summed E-state index contributed by atoms with van der Waals surface area (Å²) >= 11 is 0. The molecule has 0 spiro atoms. The number of Topliss-reactive ketones (excluding diaryl/α,β-unsaturated/α-hetero) is 1. The second-order valence-electron chi connectivity index (χ2n) is 13.9. The second-order valence-corrected chi connectivity index (χ2v) is 20.2. The molecule has 0 saturated carbocycles. The SMILES string of the molecule is CC(C)(C)[Si](OC[C@H]1C=C2CCC#CCCCCN(S(=O)(=O)c3ccccc3[N+](=O)[O-])CC[C@@H]1CC2=O)(c1ccccc1)c1ccccc1. The number of nitrogens with zero attached hydrogens (tertiary/aromatic N) is 2. The maximum atomic E-state index is 14.0. The van der Waals surface area contributed by atoms with Crippen LogP contribution in [-0.4, -0.2) is 51.4 Å². The Morgan fingerprint density at radius 2 is 1.51 bits per heavy atom. The summed E-state index contributed by atoms with van der Waals surface area (Å²) in [6.07, 6.45) is 5.82. The fourth-order valence-corrected chi connectivity index (χ4v) is 13.5. The van der Waals surface area contributed by atoms with Gasteiger partial charge in [-0.25, -0.2) is 8.42 Å². The minimum atomic E-state index is -4.20. The van der Waals surface area contributed by atoms with Gasteiger partial charge < -0.3 is 4.43 Å². The van der Waals surface area contributed by atoms with Gasteiger partial charge in [0.1, 0.15) is 0 Å². The van der Waals surface area contributed by atoms with Gasteiger partial charge in [-0.15, -0.1) is 11.8 Å². The monoisotopic (exact) mass is 698 g/mol. The summed E-state index contributed by atoms with van der Waals surface area (Å²) in [5.74, 6) is 6.14. The Kier molecular flexibility index (Phi) is 11.7. The summed E-state index contributed by atoms with van der Waals surface area (Å²) < 4.78 is 36.8. The highest BCUT2D eigenvalue weighted by Gasteiger charge is 2.50. The maximum absolute atomic E-state index is 14.0. The fraction of sp³-hybridized carbons (Fsp3) is 0.410. The number of nitro benzene ring substituents is 1. The number of carbonyl (C=O) groups is 1. The summed E-state index contributed by atoms with van der Waals surface area (Å²) in [6, 6.07) is 26.3. The molecule has 0 amide bonds. The molecule has 1 aliphatic carbocycles. The Morgan fingerprint density at radius 1 is 0.898 bits per heavy atom. The first kappa shape index (κ1) is 36.4. The summed E-state index contributed by atoms with van der Waals surface area (Å²) in [6.45, 7) is 7.41. The minimum absolute atomic E-state index is 0.0662. The van der Waals surface area contributed by atoms with Crippen LogP contribution in [0.1, 0.15) is 65.7 Å². The molecule has 258 valence electrons. The van der Waals surface area contributed by atoms with E-state index in [2.05, 4.69) is 87.2 Å². The quantitative estimate of drug-likeness (QED) is 0.113. The zero-order valence-corrected chi connectivity index (χ0v) is 30.5. The van der Waals surface area contributed by atoms with Crippen molar-refractivity contribution < 1.29 is 22.6 Å². The number of hydrogen-bond donors (Lipinski definition) is 0. The van der Waals surface area contributed by atoms with E-state index in [1.165, 1.54) is 28.6 Å². The van der Waals surface area contributed by atoms with Crippen LogP contribution < -0.4 is 10.4 Å². The van der Waals surface area contributed by atoms with Gasteiger partial charge in [0, 0.05) is 50.9 Å². The first-order valence-corrected chi connectivity index (χ1v) is 20.5. The molecule has 0 fully saturated rings. The van der Waals surface area contributed by atoms with Crippen molar-refractivity contribution in [1.82, 2.24) is 4.31 Å². The molecule has 3 aliphatic rings. The van der Waals surface area contributed by atoms with Gasteiger partial charge in [-0.2, -0.15) is 4.31 Å². The van der Waals surface area contributed by atoms with E-state index in [9.17, 15) is 23.3 Å². The van der Waals surface area contributed by atoms with Gasteiger partial charge >= 0.3 is 0 Å². The number of para-hydroxylation sites is 1. The molecular formula is C39H46N2O6SSi. The van der Waals surface area contributed by atoms with Crippen LogP contribution in [-0.2, 0) is 19.2 Å².